The molecular weight excluding hydrogens is 367 g/mol. The number of nitrogens with two attached hydrogens (primary N) is 1. The van der Waals surface area contributed by atoms with E-state index in [9.17, 15) is 9.18 Å². The van der Waals surface area contributed by atoms with E-state index in [1.54, 1.807) is 18.2 Å². The lowest BCUT2D eigenvalue weighted by molar-refractivity contribution is 0.397. The molecule has 5 nitrogen and oxygen atoms in total. The van der Waals surface area contributed by atoms with Crippen LogP contribution in [0.3, 0.4) is 0 Å². The van der Waals surface area contributed by atoms with Gasteiger partial charge in [0.15, 0.2) is 0 Å². The molecule has 1 aromatic heterocycles. The molecule has 0 saturated heterocycles. The zero-order valence-electron chi connectivity index (χ0n) is 16.7. The van der Waals surface area contributed by atoms with Crippen LogP contribution in [0.4, 0.5) is 4.39 Å². The first-order valence-electron chi connectivity index (χ1n) is 9.44. The van der Waals surface area contributed by atoms with Gasteiger partial charge in [-0.1, -0.05) is 42.5 Å². The minimum absolute atomic E-state index is 0.101. The van der Waals surface area contributed by atoms with Crippen LogP contribution in [0.15, 0.2) is 65.5 Å². The summed E-state index contributed by atoms with van der Waals surface area (Å²) in [6.45, 7) is 0.929. The maximum atomic E-state index is 13.8. The van der Waals surface area contributed by atoms with E-state index >= 15 is 0 Å². The Morgan fingerprint density at radius 3 is 2.55 bits per heavy atom. The van der Waals surface area contributed by atoms with Crippen molar-refractivity contribution in [1.82, 2.24) is 14.7 Å². The fourth-order valence-corrected chi connectivity index (χ4v) is 3.06. The van der Waals surface area contributed by atoms with E-state index in [0.29, 0.717) is 29.9 Å². The zero-order chi connectivity index (χ0) is 20.8. The maximum absolute atomic E-state index is 13.8. The molecule has 150 valence electrons. The Bertz CT molecular complexity index is 1060. The highest BCUT2D eigenvalue weighted by atomic mass is 19.1. The highest BCUT2D eigenvalue weighted by Crippen LogP contribution is 2.20. The third kappa shape index (κ3) is 5.25. The van der Waals surface area contributed by atoms with Gasteiger partial charge in [-0.3, -0.25) is 4.79 Å². The van der Waals surface area contributed by atoms with Gasteiger partial charge in [0.1, 0.15) is 5.82 Å². The normalized spacial score (nSPS) is 11.5. The third-order valence-electron chi connectivity index (χ3n) is 4.48. The SMILES string of the molecule is CN(C)Cc1cc(-c2ccc(F)c(CN)c2)nn(C/C=C/c2ccccc2)c1=O. The molecule has 3 rings (SSSR count). The summed E-state index contributed by atoms with van der Waals surface area (Å²) in [4.78, 5) is 14.8. The predicted molar refractivity (Wildman–Crippen MR) is 115 cm³/mol. The number of hydrogen-bond acceptors (Lipinski definition) is 4. The highest BCUT2D eigenvalue weighted by Gasteiger charge is 2.12. The van der Waals surface area contributed by atoms with Crippen LogP contribution >= 0.6 is 0 Å². The minimum atomic E-state index is -0.344. The predicted octanol–water partition coefficient (Wildman–Crippen LogP) is 3.28. The van der Waals surface area contributed by atoms with Crippen molar-refractivity contribution in [1.29, 1.82) is 0 Å². The van der Waals surface area contributed by atoms with Gasteiger partial charge in [-0.05, 0) is 43.9 Å². The fourth-order valence-electron chi connectivity index (χ4n) is 3.06. The molecule has 0 atom stereocenters. The molecule has 0 amide bonds. The van der Waals surface area contributed by atoms with Gasteiger partial charge in [0.25, 0.3) is 5.56 Å². The minimum Gasteiger partial charge on any atom is -0.326 e. The van der Waals surface area contributed by atoms with Crippen molar-refractivity contribution >= 4 is 6.08 Å². The summed E-state index contributed by atoms with van der Waals surface area (Å²) in [5.74, 6) is -0.344. The summed E-state index contributed by atoms with van der Waals surface area (Å²) >= 11 is 0. The van der Waals surface area contributed by atoms with Crippen LogP contribution in [0.25, 0.3) is 17.3 Å². The number of benzene rings is 2. The number of rotatable bonds is 7. The molecule has 0 aliphatic carbocycles. The highest BCUT2D eigenvalue weighted by molar-refractivity contribution is 5.60. The Labute approximate surface area is 169 Å². The smallest absolute Gasteiger partial charge is 0.271 e. The second-order valence-corrected chi connectivity index (χ2v) is 7.10. The van der Waals surface area contributed by atoms with Gasteiger partial charge in [0.2, 0.25) is 0 Å². The fraction of sp³-hybridized carbons (Fsp3) is 0.217. The van der Waals surface area contributed by atoms with Gasteiger partial charge in [-0.15, -0.1) is 0 Å². The van der Waals surface area contributed by atoms with E-state index in [1.807, 2.05) is 61.5 Å². The summed E-state index contributed by atoms with van der Waals surface area (Å²) in [6.07, 6.45) is 3.86. The van der Waals surface area contributed by atoms with Gasteiger partial charge >= 0.3 is 0 Å². The number of allylic oxidation sites excluding steroid dienone is 1. The number of aromatic nitrogens is 2. The Balaban J connectivity index is 2.00. The van der Waals surface area contributed by atoms with E-state index in [-0.39, 0.29) is 17.9 Å². The van der Waals surface area contributed by atoms with Crippen LogP contribution in [-0.2, 0) is 19.6 Å². The molecule has 1 heterocycles. The quantitative estimate of drug-likeness (QED) is 0.670. The Morgan fingerprint density at radius 1 is 1.10 bits per heavy atom. The summed E-state index contributed by atoms with van der Waals surface area (Å²) in [5.41, 5.74) is 8.94. The number of hydrogen-bond donors (Lipinski definition) is 1. The van der Waals surface area contributed by atoms with E-state index in [0.717, 1.165) is 11.1 Å². The number of halogens is 1. The van der Waals surface area contributed by atoms with Gasteiger partial charge in [-0.25, -0.2) is 9.07 Å². The molecule has 0 aliphatic rings. The third-order valence-corrected chi connectivity index (χ3v) is 4.48. The van der Waals surface area contributed by atoms with Crippen molar-refractivity contribution in [2.45, 2.75) is 19.6 Å². The Kier molecular flexibility index (Phi) is 6.69. The van der Waals surface area contributed by atoms with Gasteiger partial charge in [-0.2, -0.15) is 5.10 Å². The molecule has 0 aliphatic heterocycles. The van der Waals surface area contributed by atoms with Crippen molar-refractivity contribution in [2.75, 3.05) is 14.1 Å². The first-order chi connectivity index (χ1) is 14.0. The molecule has 2 aromatic carbocycles. The van der Waals surface area contributed by atoms with Crippen molar-refractivity contribution in [3.8, 4) is 11.3 Å². The van der Waals surface area contributed by atoms with Crippen LogP contribution in [0, 0.1) is 5.82 Å². The molecule has 0 fully saturated rings. The molecule has 2 N–H and O–H groups in total. The summed E-state index contributed by atoms with van der Waals surface area (Å²) in [5, 5.41) is 4.52. The lowest BCUT2D eigenvalue weighted by atomic mass is 10.1. The topological polar surface area (TPSA) is 64.2 Å². The van der Waals surface area contributed by atoms with Crippen molar-refractivity contribution in [2.24, 2.45) is 5.73 Å². The summed E-state index contributed by atoms with van der Waals surface area (Å²) < 4.78 is 15.3. The van der Waals surface area contributed by atoms with Crippen molar-refractivity contribution in [3.63, 3.8) is 0 Å². The van der Waals surface area contributed by atoms with Gasteiger partial charge in [0, 0.05) is 29.8 Å². The standard InChI is InChI=1S/C23H25FN4O/c1-27(2)16-20-14-22(18-10-11-21(24)19(13-18)15-25)26-28(23(20)29)12-6-9-17-7-4-3-5-8-17/h3-11,13-14H,12,15-16,25H2,1-2H3/b9-6+. The van der Waals surface area contributed by atoms with Crippen LogP contribution in [0.1, 0.15) is 16.7 Å². The van der Waals surface area contributed by atoms with Crippen LogP contribution < -0.4 is 11.3 Å². The first kappa shape index (κ1) is 20.6. The van der Waals surface area contributed by atoms with Crippen LogP contribution in [0.2, 0.25) is 0 Å². The van der Waals surface area contributed by atoms with E-state index in [2.05, 4.69) is 5.10 Å². The van der Waals surface area contributed by atoms with Crippen molar-refractivity contribution in [3.05, 3.63) is 93.5 Å². The largest absolute Gasteiger partial charge is 0.326 e. The van der Waals surface area contributed by atoms with E-state index in [4.69, 9.17) is 5.73 Å². The molecule has 0 saturated carbocycles. The van der Waals surface area contributed by atoms with Crippen LogP contribution in [0.5, 0.6) is 0 Å². The maximum Gasteiger partial charge on any atom is 0.271 e. The average molecular weight is 392 g/mol. The summed E-state index contributed by atoms with van der Waals surface area (Å²) in [7, 11) is 3.81. The lowest BCUT2D eigenvalue weighted by Crippen LogP contribution is -2.29. The average Bonchev–Trinajstić information content (AvgIpc) is 2.71. The molecule has 0 unspecified atom stereocenters. The monoisotopic (exact) mass is 392 g/mol. The molecule has 0 spiro atoms. The molecule has 29 heavy (non-hydrogen) atoms. The first-order valence-corrected chi connectivity index (χ1v) is 9.44. The second kappa shape index (κ2) is 9.41. The van der Waals surface area contributed by atoms with E-state index in [1.165, 1.54) is 10.7 Å². The van der Waals surface area contributed by atoms with Gasteiger partial charge < -0.3 is 10.6 Å². The van der Waals surface area contributed by atoms with E-state index < -0.39 is 0 Å². The Morgan fingerprint density at radius 2 is 1.86 bits per heavy atom. The second-order valence-electron chi connectivity index (χ2n) is 7.10. The van der Waals surface area contributed by atoms with Gasteiger partial charge in [0.05, 0.1) is 12.2 Å². The Hall–Kier alpha value is -3.09. The molecule has 0 radical (unpaired) electrons. The zero-order valence-corrected chi connectivity index (χ0v) is 16.7. The van der Waals surface area contributed by atoms with Crippen molar-refractivity contribution < 1.29 is 4.39 Å². The molecule has 0 bridgehead atoms. The number of nitrogens with zero attached hydrogens (tertiary/aromatic N) is 3. The summed E-state index contributed by atoms with van der Waals surface area (Å²) in [6, 6.07) is 16.4. The molecular formula is C23H25FN4O. The lowest BCUT2D eigenvalue weighted by Gasteiger charge is -2.13. The van der Waals surface area contributed by atoms with Crippen LogP contribution in [-0.4, -0.2) is 28.8 Å². The molecule has 6 heteroatoms. The molecule has 3 aromatic rings.